The lowest BCUT2D eigenvalue weighted by Crippen LogP contribution is -2.57. The summed E-state index contributed by atoms with van der Waals surface area (Å²) in [5, 5.41) is 0. The maximum absolute atomic E-state index is 12.1. The summed E-state index contributed by atoms with van der Waals surface area (Å²) in [6.45, 7) is 13.0. The van der Waals surface area contributed by atoms with Gasteiger partial charge in [0.2, 0.25) is 0 Å². The number of carbonyl (C=O) groups excluding carboxylic acids is 1. The molecule has 0 aliphatic carbocycles. The molecule has 2 rings (SSSR count). The third-order valence-electron chi connectivity index (χ3n) is 5.08. The van der Waals surface area contributed by atoms with Gasteiger partial charge in [-0.25, -0.2) is 0 Å². The van der Waals surface area contributed by atoms with E-state index in [4.69, 9.17) is 4.74 Å². The van der Waals surface area contributed by atoms with Crippen molar-refractivity contribution >= 4 is 5.97 Å². The summed E-state index contributed by atoms with van der Waals surface area (Å²) in [6.07, 6.45) is 2.32. The van der Waals surface area contributed by atoms with Crippen LogP contribution in [0.4, 0.5) is 0 Å². The molecule has 0 spiro atoms. The van der Waals surface area contributed by atoms with Crippen LogP contribution in [0.5, 0.6) is 0 Å². The highest BCUT2D eigenvalue weighted by molar-refractivity contribution is 5.79. The van der Waals surface area contributed by atoms with E-state index in [0.29, 0.717) is 12.6 Å². The SMILES string of the molecule is CCOC(=O)C(C)(C)N1CCC(N2CCN(C)CC2)CC1. The molecule has 0 aromatic carbocycles. The molecule has 122 valence electrons. The van der Waals surface area contributed by atoms with Gasteiger partial charge in [0.15, 0.2) is 0 Å². The number of ether oxygens (including phenoxy) is 1. The van der Waals surface area contributed by atoms with Gasteiger partial charge in [0.1, 0.15) is 5.54 Å². The van der Waals surface area contributed by atoms with Crippen LogP contribution in [0.1, 0.15) is 33.6 Å². The van der Waals surface area contributed by atoms with Gasteiger partial charge in [-0.1, -0.05) is 0 Å². The molecule has 2 aliphatic heterocycles. The zero-order chi connectivity index (χ0) is 15.5. The monoisotopic (exact) mass is 297 g/mol. The highest BCUT2D eigenvalue weighted by atomic mass is 16.5. The van der Waals surface area contributed by atoms with Crippen molar-refractivity contribution in [2.45, 2.75) is 45.2 Å². The molecule has 0 unspecified atom stereocenters. The maximum atomic E-state index is 12.1. The van der Waals surface area contributed by atoms with Crippen LogP contribution >= 0.6 is 0 Å². The van der Waals surface area contributed by atoms with Crippen LogP contribution in [-0.4, -0.2) is 85.2 Å². The van der Waals surface area contributed by atoms with Gasteiger partial charge >= 0.3 is 5.97 Å². The summed E-state index contributed by atoms with van der Waals surface area (Å²) in [5.41, 5.74) is -0.497. The zero-order valence-electron chi connectivity index (χ0n) is 14.1. The molecule has 0 N–H and O–H groups in total. The summed E-state index contributed by atoms with van der Waals surface area (Å²) >= 11 is 0. The Bertz CT molecular complexity index is 343. The van der Waals surface area contributed by atoms with E-state index >= 15 is 0 Å². The second-order valence-corrected chi connectivity index (χ2v) is 6.84. The topological polar surface area (TPSA) is 36.0 Å². The number of rotatable bonds is 4. The number of hydrogen-bond donors (Lipinski definition) is 0. The Balaban J connectivity index is 1.84. The fourth-order valence-electron chi connectivity index (χ4n) is 3.41. The van der Waals surface area contributed by atoms with Gasteiger partial charge in [-0.05, 0) is 40.7 Å². The van der Waals surface area contributed by atoms with E-state index in [1.54, 1.807) is 0 Å². The molecule has 0 atom stereocenters. The predicted molar refractivity (Wildman–Crippen MR) is 84.4 cm³/mol. The van der Waals surface area contributed by atoms with E-state index in [1.165, 1.54) is 26.2 Å². The van der Waals surface area contributed by atoms with E-state index in [0.717, 1.165) is 25.9 Å². The minimum Gasteiger partial charge on any atom is -0.465 e. The van der Waals surface area contributed by atoms with E-state index in [-0.39, 0.29) is 5.97 Å². The molecule has 2 aliphatic rings. The van der Waals surface area contributed by atoms with Crippen molar-refractivity contribution in [2.24, 2.45) is 0 Å². The van der Waals surface area contributed by atoms with Crippen molar-refractivity contribution in [1.82, 2.24) is 14.7 Å². The first-order valence-corrected chi connectivity index (χ1v) is 8.30. The number of likely N-dealkylation sites (tertiary alicyclic amines) is 1. The fraction of sp³-hybridized carbons (Fsp3) is 0.938. The van der Waals surface area contributed by atoms with E-state index in [1.807, 2.05) is 20.8 Å². The van der Waals surface area contributed by atoms with Crippen LogP contribution in [0.2, 0.25) is 0 Å². The standard InChI is InChI=1S/C16H31N3O2/c1-5-21-15(20)16(2,3)19-8-6-14(7-9-19)18-12-10-17(4)11-13-18/h14H,5-13H2,1-4H3. The number of piperazine rings is 1. The van der Waals surface area contributed by atoms with Gasteiger partial charge < -0.3 is 9.64 Å². The molecule has 0 aromatic rings. The first-order valence-electron chi connectivity index (χ1n) is 8.30. The van der Waals surface area contributed by atoms with Crippen molar-refractivity contribution in [3.8, 4) is 0 Å². The molecule has 21 heavy (non-hydrogen) atoms. The van der Waals surface area contributed by atoms with Crippen LogP contribution in [0, 0.1) is 0 Å². The van der Waals surface area contributed by atoms with Crippen LogP contribution in [0.25, 0.3) is 0 Å². The number of carbonyl (C=O) groups is 1. The summed E-state index contributed by atoms with van der Waals surface area (Å²) in [7, 11) is 2.20. The number of esters is 1. The summed E-state index contributed by atoms with van der Waals surface area (Å²) < 4.78 is 5.22. The highest BCUT2D eigenvalue weighted by Crippen LogP contribution is 2.25. The molecule has 2 saturated heterocycles. The van der Waals surface area contributed by atoms with Crippen LogP contribution in [-0.2, 0) is 9.53 Å². The molecule has 0 radical (unpaired) electrons. The summed E-state index contributed by atoms with van der Waals surface area (Å²) in [6, 6.07) is 0.688. The Labute approximate surface area is 129 Å². The van der Waals surface area contributed by atoms with Crippen LogP contribution in [0.15, 0.2) is 0 Å². The normalized spacial score (nSPS) is 24.2. The lowest BCUT2D eigenvalue weighted by Gasteiger charge is -2.45. The van der Waals surface area contributed by atoms with E-state index in [9.17, 15) is 4.79 Å². The minimum atomic E-state index is -0.497. The smallest absolute Gasteiger partial charge is 0.325 e. The second-order valence-electron chi connectivity index (χ2n) is 6.84. The Kier molecular flexibility index (Phi) is 5.63. The van der Waals surface area contributed by atoms with Gasteiger partial charge in [0.05, 0.1) is 6.61 Å². The molecular weight excluding hydrogens is 266 g/mol. The maximum Gasteiger partial charge on any atom is 0.325 e. The van der Waals surface area contributed by atoms with Crippen molar-refractivity contribution in [3.05, 3.63) is 0 Å². The van der Waals surface area contributed by atoms with Crippen LogP contribution < -0.4 is 0 Å². The third-order valence-corrected chi connectivity index (χ3v) is 5.08. The first kappa shape index (κ1) is 16.7. The molecule has 2 heterocycles. The average Bonchev–Trinajstić information content (AvgIpc) is 2.48. The van der Waals surface area contributed by atoms with Crippen LogP contribution in [0.3, 0.4) is 0 Å². The Morgan fingerprint density at radius 1 is 1.10 bits per heavy atom. The second kappa shape index (κ2) is 7.07. The molecule has 0 amide bonds. The van der Waals surface area contributed by atoms with E-state index in [2.05, 4.69) is 21.7 Å². The lowest BCUT2D eigenvalue weighted by molar-refractivity contribution is -0.157. The number of likely N-dealkylation sites (N-methyl/N-ethyl adjacent to an activating group) is 1. The zero-order valence-corrected chi connectivity index (χ0v) is 14.1. The lowest BCUT2D eigenvalue weighted by atomic mass is 9.95. The Morgan fingerprint density at radius 3 is 2.19 bits per heavy atom. The molecule has 0 saturated carbocycles. The number of piperidine rings is 1. The number of hydrogen-bond acceptors (Lipinski definition) is 5. The highest BCUT2D eigenvalue weighted by Gasteiger charge is 2.39. The fourth-order valence-corrected chi connectivity index (χ4v) is 3.41. The predicted octanol–water partition coefficient (Wildman–Crippen LogP) is 1.04. The van der Waals surface area contributed by atoms with Gasteiger partial charge in [0, 0.05) is 45.3 Å². The molecular formula is C16H31N3O2. The van der Waals surface area contributed by atoms with Gasteiger partial charge in [-0.2, -0.15) is 0 Å². The number of nitrogens with zero attached hydrogens (tertiary/aromatic N) is 3. The van der Waals surface area contributed by atoms with Gasteiger partial charge in [-0.15, -0.1) is 0 Å². The Morgan fingerprint density at radius 2 is 1.67 bits per heavy atom. The van der Waals surface area contributed by atoms with E-state index < -0.39 is 5.54 Å². The molecule has 0 aromatic heterocycles. The molecule has 0 bridgehead atoms. The van der Waals surface area contributed by atoms with Crippen molar-refractivity contribution in [1.29, 1.82) is 0 Å². The average molecular weight is 297 g/mol. The van der Waals surface area contributed by atoms with Crippen molar-refractivity contribution in [3.63, 3.8) is 0 Å². The third kappa shape index (κ3) is 3.96. The van der Waals surface area contributed by atoms with Crippen molar-refractivity contribution < 1.29 is 9.53 Å². The van der Waals surface area contributed by atoms with Gasteiger partial charge in [0.25, 0.3) is 0 Å². The molecule has 5 nitrogen and oxygen atoms in total. The summed E-state index contributed by atoms with van der Waals surface area (Å²) in [4.78, 5) is 19.4. The Hall–Kier alpha value is -0.650. The molecule has 2 fully saturated rings. The van der Waals surface area contributed by atoms with Crippen molar-refractivity contribution in [2.75, 3.05) is 52.9 Å². The van der Waals surface area contributed by atoms with Gasteiger partial charge in [-0.3, -0.25) is 14.6 Å². The largest absolute Gasteiger partial charge is 0.465 e. The minimum absolute atomic E-state index is 0.0944. The molecule has 5 heteroatoms. The quantitative estimate of drug-likeness (QED) is 0.725. The first-order chi connectivity index (χ1) is 9.95. The summed E-state index contributed by atoms with van der Waals surface area (Å²) in [5.74, 6) is -0.0944.